The third-order valence-electron chi connectivity index (χ3n) is 2.45. The largest absolute Gasteiger partial charge is 0.872 e. The van der Waals surface area contributed by atoms with Crippen LogP contribution in [0.25, 0.3) is 10.8 Å². The molecule has 0 spiro atoms. The number of fused-ring (bicyclic) bond motifs is 1. The molecule has 0 radical (unpaired) electrons. The Morgan fingerprint density at radius 3 is 2.11 bits per heavy atom. The molecule has 0 bridgehead atoms. The molecular weight excluding hydrogens is 296 g/mol. The molecule has 0 atom stereocenters. The van der Waals surface area contributed by atoms with Crippen LogP contribution in [0, 0.1) is 0 Å². The molecule has 0 saturated carbocycles. The summed E-state index contributed by atoms with van der Waals surface area (Å²) in [6, 6.07) is 4.61. The van der Waals surface area contributed by atoms with Gasteiger partial charge in [-0.05, 0) is 35.0 Å². The third kappa shape index (κ3) is 2.68. The third-order valence-corrected chi connectivity index (χ3v) is 4.11. The fraction of sp³-hybridized carbons (Fsp3) is 0. The zero-order valence-electron chi connectivity index (χ0n) is 9.10. The van der Waals surface area contributed by atoms with Gasteiger partial charge in [-0.3, -0.25) is 4.55 Å². The summed E-state index contributed by atoms with van der Waals surface area (Å²) in [4.78, 5) is -1.18. The monoisotopic (exact) mass is 302 g/mol. The highest BCUT2D eigenvalue weighted by atomic mass is 32.2. The van der Waals surface area contributed by atoms with Crippen molar-refractivity contribution in [1.29, 1.82) is 0 Å². The quantitative estimate of drug-likeness (QED) is 0.775. The van der Waals surface area contributed by atoms with Gasteiger partial charge < -0.3 is 9.66 Å². The molecule has 0 aliphatic heterocycles. The van der Waals surface area contributed by atoms with Crippen molar-refractivity contribution >= 4 is 31.0 Å². The van der Waals surface area contributed by atoms with E-state index in [1.165, 1.54) is 0 Å². The SMILES string of the molecule is O=S(=O)([O-])c1ccc2cc(S(=O)(=O)O)cc([O-])c2c1. The molecule has 0 fully saturated rings. The maximum Gasteiger partial charge on any atom is 0.294 e. The van der Waals surface area contributed by atoms with Gasteiger partial charge in [-0.15, -0.1) is 0 Å². The van der Waals surface area contributed by atoms with Crippen LogP contribution in [0.1, 0.15) is 0 Å². The molecule has 2 aromatic rings. The van der Waals surface area contributed by atoms with E-state index in [4.69, 9.17) is 4.55 Å². The number of hydrogen-bond acceptors (Lipinski definition) is 6. The van der Waals surface area contributed by atoms with E-state index in [-0.39, 0.29) is 10.8 Å². The van der Waals surface area contributed by atoms with Crippen LogP contribution in [0.5, 0.6) is 5.75 Å². The molecule has 1 N–H and O–H groups in total. The zero-order valence-corrected chi connectivity index (χ0v) is 10.7. The van der Waals surface area contributed by atoms with Gasteiger partial charge in [-0.25, -0.2) is 8.42 Å². The van der Waals surface area contributed by atoms with Crippen molar-refractivity contribution in [2.45, 2.75) is 9.79 Å². The molecular formula is C10H6O7S2-2. The minimum absolute atomic E-state index is 0.104. The van der Waals surface area contributed by atoms with Crippen LogP contribution < -0.4 is 5.11 Å². The lowest BCUT2D eigenvalue weighted by molar-refractivity contribution is -0.266. The van der Waals surface area contributed by atoms with Crippen LogP contribution in [0.2, 0.25) is 0 Å². The molecule has 7 nitrogen and oxygen atoms in total. The Balaban J connectivity index is 2.82. The summed E-state index contributed by atoms with van der Waals surface area (Å²) >= 11 is 0. The molecule has 102 valence electrons. The van der Waals surface area contributed by atoms with Gasteiger partial charge in [0.15, 0.2) is 0 Å². The first-order chi connectivity index (χ1) is 8.59. The second-order valence-corrected chi connectivity index (χ2v) is 6.53. The smallest absolute Gasteiger partial charge is 0.294 e. The maximum atomic E-state index is 11.7. The molecule has 0 aliphatic carbocycles. The van der Waals surface area contributed by atoms with Crippen molar-refractivity contribution in [3.8, 4) is 5.75 Å². The van der Waals surface area contributed by atoms with Crippen molar-refractivity contribution < 1.29 is 31.0 Å². The minimum Gasteiger partial charge on any atom is -0.872 e. The molecule has 0 aromatic heterocycles. The molecule has 19 heavy (non-hydrogen) atoms. The maximum absolute atomic E-state index is 11.7. The lowest BCUT2D eigenvalue weighted by Gasteiger charge is -2.14. The Morgan fingerprint density at radius 1 is 0.947 bits per heavy atom. The van der Waals surface area contributed by atoms with E-state index < -0.39 is 35.8 Å². The van der Waals surface area contributed by atoms with Gasteiger partial charge in [-0.2, -0.15) is 8.42 Å². The molecule has 0 unspecified atom stereocenters. The van der Waals surface area contributed by atoms with Crippen molar-refractivity contribution in [2.75, 3.05) is 0 Å². The summed E-state index contributed by atoms with van der Waals surface area (Å²) in [5.74, 6) is -0.810. The molecule has 9 heteroatoms. The van der Waals surface area contributed by atoms with Crippen molar-refractivity contribution in [3.05, 3.63) is 30.3 Å². The fourth-order valence-corrected chi connectivity index (χ4v) is 2.61. The van der Waals surface area contributed by atoms with Gasteiger partial charge in [0.2, 0.25) is 0 Å². The first kappa shape index (κ1) is 13.7. The molecule has 2 rings (SSSR count). The summed E-state index contributed by atoms with van der Waals surface area (Å²) in [7, 11) is -9.24. The van der Waals surface area contributed by atoms with E-state index in [0.29, 0.717) is 6.07 Å². The second-order valence-electron chi connectivity index (χ2n) is 3.73. The number of rotatable bonds is 2. The van der Waals surface area contributed by atoms with E-state index in [9.17, 15) is 26.5 Å². The van der Waals surface area contributed by atoms with Gasteiger partial charge in [0.05, 0.1) is 9.79 Å². The summed E-state index contributed by atoms with van der Waals surface area (Å²) in [6.07, 6.45) is 0. The molecule has 0 aliphatic rings. The molecule has 0 amide bonds. The van der Waals surface area contributed by atoms with Crippen molar-refractivity contribution in [2.24, 2.45) is 0 Å². The van der Waals surface area contributed by atoms with E-state index in [1.54, 1.807) is 0 Å². The number of hydrogen-bond donors (Lipinski definition) is 1. The highest BCUT2D eigenvalue weighted by molar-refractivity contribution is 7.86. The van der Waals surface area contributed by atoms with Crippen molar-refractivity contribution in [1.82, 2.24) is 0 Å². The standard InChI is InChI=1S/C10H8O7S2/c11-10-5-8(19(15,16)17)3-6-1-2-7(4-9(6)10)18(12,13)14/h1-5,11H,(H,12,13,14)(H,15,16,17)/p-2. The topological polar surface area (TPSA) is 135 Å². The van der Waals surface area contributed by atoms with Crippen LogP contribution in [-0.2, 0) is 20.2 Å². The average Bonchev–Trinajstić information content (AvgIpc) is 2.26. The first-order valence-corrected chi connectivity index (χ1v) is 7.62. The van der Waals surface area contributed by atoms with E-state index in [0.717, 1.165) is 24.3 Å². The Labute approximate surface area is 108 Å². The number of benzene rings is 2. The predicted molar refractivity (Wildman–Crippen MR) is 61.2 cm³/mol. The van der Waals surface area contributed by atoms with Crippen LogP contribution in [-0.4, -0.2) is 25.9 Å². The Morgan fingerprint density at radius 2 is 1.58 bits per heavy atom. The summed E-state index contributed by atoms with van der Waals surface area (Å²) in [5, 5.41) is 11.6. The summed E-state index contributed by atoms with van der Waals surface area (Å²) in [5.41, 5.74) is 0. The molecule has 0 saturated heterocycles. The minimum atomic E-state index is -4.71. The van der Waals surface area contributed by atoms with Gasteiger partial charge in [-0.1, -0.05) is 11.8 Å². The Hall–Kier alpha value is -1.68. The van der Waals surface area contributed by atoms with Gasteiger partial charge in [0.25, 0.3) is 10.1 Å². The van der Waals surface area contributed by atoms with Crippen LogP contribution in [0.3, 0.4) is 0 Å². The Bertz CT molecular complexity index is 866. The van der Waals surface area contributed by atoms with Crippen LogP contribution in [0.4, 0.5) is 0 Å². The van der Waals surface area contributed by atoms with Gasteiger partial charge >= 0.3 is 0 Å². The van der Waals surface area contributed by atoms with Gasteiger partial charge in [0.1, 0.15) is 10.1 Å². The lowest BCUT2D eigenvalue weighted by Crippen LogP contribution is -2.02. The average molecular weight is 302 g/mol. The van der Waals surface area contributed by atoms with Crippen LogP contribution in [0.15, 0.2) is 40.1 Å². The summed E-state index contributed by atoms with van der Waals surface area (Å²) in [6.45, 7) is 0. The first-order valence-electron chi connectivity index (χ1n) is 4.77. The highest BCUT2D eigenvalue weighted by Crippen LogP contribution is 2.28. The molecule has 2 aromatic carbocycles. The zero-order chi connectivity index (χ0) is 14.4. The normalized spacial score (nSPS) is 12.7. The molecule has 0 heterocycles. The summed E-state index contributed by atoms with van der Waals surface area (Å²) < 4.78 is 63.2. The van der Waals surface area contributed by atoms with E-state index >= 15 is 0 Å². The Kier molecular flexibility index (Phi) is 3.01. The lowest BCUT2D eigenvalue weighted by atomic mass is 10.1. The highest BCUT2D eigenvalue weighted by Gasteiger charge is 2.11. The fourth-order valence-electron chi connectivity index (χ4n) is 1.58. The van der Waals surface area contributed by atoms with Crippen molar-refractivity contribution in [3.63, 3.8) is 0 Å². The van der Waals surface area contributed by atoms with Crippen LogP contribution >= 0.6 is 0 Å². The van der Waals surface area contributed by atoms with E-state index in [1.807, 2.05) is 0 Å². The predicted octanol–water partition coefficient (Wildman–Crippen LogP) is 0.0642. The second kappa shape index (κ2) is 4.17. The van der Waals surface area contributed by atoms with Gasteiger partial charge in [0, 0.05) is 0 Å². The van der Waals surface area contributed by atoms with E-state index in [2.05, 4.69) is 0 Å².